The molecule has 1 aromatic rings. The van der Waals surface area contributed by atoms with Crippen molar-refractivity contribution in [2.45, 2.75) is 33.1 Å². The van der Waals surface area contributed by atoms with Crippen LogP contribution in [0.15, 0.2) is 22.7 Å². The van der Waals surface area contributed by atoms with Crippen molar-refractivity contribution in [2.75, 3.05) is 19.6 Å². The fourth-order valence-corrected chi connectivity index (χ4v) is 2.05. The number of carbonyl (C=O) groups is 1. The first-order valence-electron chi connectivity index (χ1n) is 6.86. The molecule has 0 atom stereocenters. The Kier molecular flexibility index (Phi) is 10.8. The van der Waals surface area contributed by atoms with E-state index in [4.69, 9.17) is 0 Å². The minimum Gasteiger partial charge on any atom is -0.355 e. The second-order valence-corrected chi connectivity index (χ2v) is 5.54. The number of nitrogens with one attached hydrogen (secondary N) is 2. The van der Waals surface area contributed by atoms with Crippen LogP contribution in [-0.4, -0.2) is 25.5 Å². The fraction of sp³-hybridized carbons (Fsp3) is 0.533. The lowest BCUT2D eigenvalue weighted by molar-refractivity contribution is -0.121. The third kappa shape index (κ3) is 7.88. The molecule has 1 rings (SSSR count). The Bertz CT molecular complexity index is 413. The fourth-order valence-electron chi connectivity index (χ4n) is 1.80. The lowest BCUT2D eigenvalue weighted by atomic mass is 10.1. The summed E-state index contributed by atoms with van der Waals surface area (Å²) >= 11 is 3.48. The molecule has 0 saturated heterocycles. The van der Waals surface area contributed by atoms with Gasteiger partial charge in [0.1, 0.15) is 0 Å². The monoisotopic (exact) mass is 362 g/mol. The lowest BCUT2D eigenvalue weighted by Gasteiger charge is -2.07. The first kappa shape index (κ1) is 19.4. The molecule has 0 unspecified atom stereocenters. The minimum absolute atomic E-state index is 0. The Balaban J connectivity index is 0.00000361. The largest absolute Gasteiger partial charge is 0.355 e. The molecule has 0 heterocycles. The third-order valence-electron chi connectivity index (χ3n) is 2.91. The summed E-state index contributed by atoms with van der Waals surface area (Å²) in [6.45, 7) is 6.75. The van der Waals surface area contributed by atoms with E-state index in [0.717, 1.165) is 30.4 Å². The molecule has 20 heavy (non-hydrogen) atoms. The molecule has 0 bridgehead atoms. The Morgan fingerprint density at radius 3 is 2.65 bits per heavy atom. The summed E-state index contributed by atoms with van der Waals surface area (Å²) in [6.07, 6.45) is 2.47. The second kappa shape index (κ2) is 11.1. The molecule has 0 fully saturated rings. The number of hydrogen-bond acceptors (Lipinski definition) is 2. The number of hydrogen-bond donors (Lipinski definition) is 2. The summed E-state index contributed by atoms with van der Waals surface area (Å²) in [4.78, 5) is 11.7. The van der Waals surface area contributed by atoms with E-state index < -0.39 is 0 Å². The van der Waals surface area contributed by atoms with Gasteiger partial charge in [0.15, 0.2) is 0 Å². The maximum Gasteiger partial charge on any atom is 0.220 e. The number of halogens is 2. The summed E-state index contributed by atoms with van der Waals surface area (Å²) in [6, 6.07) is 6.23. The Morgan fingerprint density at radius 1 is 1.25 bits per heavy atom. The van der Waals surface area contributed by atoms with Gasteiger partial charge >= 0.3 is 0 Å². The number of rotatable bonds is 8. The van der Waals surface area contributed by atoms with Crippen LogP contribution in [0.5, 0.6) is 0 Å². The van der Waals surface area contributed by atoms with Gasteiger partial charge < -0.3 is 10.6 Å². The molecule has 2 N–H and O–H groups in total. The number of aryl methyl sites for hydroxylation is 2. The Labute approximate surface area is 136 Å². The van der Waals surface area contributed by atoms with Crippen LogP contribution in [-0.2, 0) is 11.2 Å². The van der Waals surface area contributed by atoms with E-state index in [0.29, 0.717) is 13.0 Å². The van der Waals surface area contributed by atoms with Crippen LogP contribution in [0.25, 0.3) is 0 Å². The van der Waals surface area contributed by atoms with Crippen LogP contribution in [0.3, 0.4) is 0 Å². The number of benzene rings is 1. The van der Waals surface area contributed by atoms with Crippen LogP contribution in [0.4, 0.5) is 0 Å². The van der Waals surface area contributed by atoms with Crippen LogP contribution in [0.2, 0.25) is 0 Å². The molecule has 0 aliphatic carbocycles. The highest BCUT2D eigenvalue weighted by molar-refractivity contribution is 9.10. The predicted molar refractivity (Wildman–Crippen MR) is 90.6 cm³/mol. The highest BCUT2D eigenvalue weighted by Crippen LogP contribution is 2.17. The second-order valence-electron chi connectivity index (χ2n) is 4.68. The molecule has 0 aliphatic rings. The minimum atomic E-state index is 0. The van der Waals surface area contributed by atoms with Gasteiger partial charge in [-0.05, 0) is 43.5 Å². The topological polar surface area (TPSA) is 41.1 Å². The average Bonchev–Trinajstić information content (AvgIpc) is 2.40. The van der Waals surface area contributed by atoms with Gasteiger partial charge in [0.05, 0.1) is 0 Å². The molecule has 1 aromatic carbocycles. The quantitative estimate of drug-likeness (QED) is 0.696. The molecule has 0 saturated carbocycles. The van der Waals surface area contributed by atoms with Crippen molar-refractivity contribution in [3.8, 4) is 0 Å². The first-order chi connectivity index (χ1) is 9.13. The zero-order valence-electron chi connectivity index (χ0n) is 12.2. The van der Waals surface area contributed by atoms with E-state index in [1.807, 2.05) is 6.07 Å². The lowest BCUT2D eigenvalue weighted by Crippen LogP contribution is -2.32. The van der Waals surface area contributed by atoms with Crippen LogP contribution < -0.4 is 10.6 Å². The van der Waals surface area contributed by atoms with Gasteiger partial charge in [-0.3, -0.25) is 4.79 Å². The molecule has 5 heteroatoms. The number of amides is 1. The zero-order valence-corrected chi connectivity index (χ0v) is 14.6. The molecule has 0 radical (unpaired) electrons. The summed E-state index contributed by atoms with van der Waals surface area (Å²) < 4.78 is 1.11. The average molecular weight is 364 g/mol. The summed E-state index contributed by atoms with van der Waals surface area (Å²) in [5, 5.41) is 6.19. The van der Waals surface area contributed by atoms with E-state index >= 15 is 0 Å². The Hall–Kier alpha value is -0.580. The van der Waals surface area contributed by atoms with Crippen molar-refractivity contribution in [3.63, 3.8) is 0 Å². The van der Waals surface area contributed by atoms with Crippen molar-refractivity contribution in [3.05, 3.63) is 33.8 Å². The maximum atomic E-state index is 11.7. The van der Waals surface area contributed by atoms with Crippen molar-refractivity contribution in [1.29, 1.82) is 0 Å². The molecule has 0 aliphatic heterocycles. The van der Waals surface area contributed by atoms with E-state index in [9.17, 15) is 4.79 Å². The smallest absolute Gasteiger partial charge is 0.220 e. The summed E-state index contributed by atoms with van der Waals surface area (Å²) in [5.41, 5.74) is 2.42. The van der Waals surface area contributed by atoms with Crippen LogP contribution >= 0.6 is 28.3 Å². The van der Waals surface area contributed by atoms with E-state index in [1.165, 1.54) is 11.1 Å². The van der Waals surface area contributed by atoms with Gasteiger partial charge in [-0.15, -0.1) is 12.4 Å². The first-order valence-corrected chi connectivity index (χ1v) is 7.65. The number of carbonyl (C=O) groups excluding carboxylic acids is 1. The molecule has 0 aromatic heterocycles. The molecule has 114 valence electrons. The van der Waals surface area contributed by atoms with Gasteiger partial charge in [-0.25, -0.2) is 0 Å². The van der Waals surface area contributed by atoms with Gasteiger partial charge in [-0.2, -0.15) is 0 Å². The van der Waals surface area contributed by atoms with E-state index in [1.54, 1.807) is 0 Å². The summed E-state index contributed by atoms with van der Waals surface area (Å²) in [5.74, 6) is 0.124. The van der Waals surface area contributed by atoms with Gasteiger partial charge in [0.2, 0.25) is 5.91 Å². The molecular formula is C15H24BrClN2O. The highest BCUT2D eigenvalue weighted by atomic mass is 79.9. The standard InChI is InChI=1S/C15H23BrN2O.ClH/c1-3-8-17-9-10-18-15(19)7-5-13-4-6-14(16)12(2)11-13;/h4,6,11,17H,3,5,7-10H2,1-2H3,(H,18,19);1H. The molecule has 1 amide bonds. The normalized spacial score (nSPS) is 9.95. The maximum absolute atomic E-state index is 11.7. The van der Waals surface area contributed by atoms with Gasteiger partial charge in [0.25, 0.3) is 0 Å². The molecule has 3 nitrogen and oxygen atoms in total. The van der Waals surface area contributed by atoms with Crippen molar-refractivity contribution >= 4 is 34.2 Å². The molecular weight excluding hydrogens is 340 g/mol. The third-order valence-corrected chi connectivity index (χ3v) is 3.80. The highest BCUT2D eigenvalue weighted by Gasteiger charge is 2.03. The van der Waals surface area contributed by atoms with Crippen molar-refractivity contribution in [1.82, 2.24) is 10.6 Å². The van der Waals surface area contributed by atoms with E-state index in [2.05, 4.69) is 52.5 Å². The van der Waals surface area contributed by atoms with Crippen LogP contribution in [0.1, 0.15) is 30.9 Å². The van der Waals surface area contributed by atoms with Crippen molar-refractivity contribution < 1.29 is 4.79 Å². The van der Waals surface area contributed by atoms with Crippen LogP contribution in [0, 0.1) is 6.92 Å². The molecule has 0 spiro atoms. The van der Waals surface area contributed by atoms with Gasteiger partial charge in [0, 0.05) is 24.0 Å². The van der Waals surface area contributed by atoms with Crippen molar-refractivity contribution in [2.24, 2.45) is 0 Å². The Morgan fingerprint density at radius 2 is 2.00 bits per heavy atom. The SMILES string of the molecule is CCCNCCNC(=O)CCc1ccc(Br)c(C)c1.Cl. The summed E-state index contributed by atoms with van der Waals surface area (Å²) in [7, 11) is 0. The predicted octanol–water partition coefficient (Wildman–Crippen LogP) is 3.23. The van der Waals surface area contributed by atoms with E-state index in [-0.39, 0.29) is 18.3 Å². The van der Waals surface area contributed by atoms with Gasteiger partial charge in [-0.1, -0.05) is 35.0 Å². The zero-order chi connectivity index (χ0) is 14.1.